The van der Waals surface area contributed by atoms with E-state index in [2.05, 4.69) is 18.0 Å². The number of hydrogen-bond donors (Lipinski definition) is 1. The van der Waals surface area contributed by atoms with Crippen molar-refractivity contribution in [2.75, 3.05) is 6.61 Å². The van der Waals surface area contributed by atoms with Crippen LogP contribution in [0.3, 0.4) is 0 Å². The Labute approximate surface area is 72.9 Å². The molecule has 0 atom stereocenters. The van der Waals surface area contributed by atoms with E-state index in [9.17, 15) is 0 Å². The third-order valence-corrected chi connectivity index (χ3v) is 2.27. The molecular formula is C10H15NO. The second kappa shape index (κ2) is 3.21. The van der Waals surface area contributed by atoms with Gasteiger partial charge >= 0.3 is 0 Å². The van der Waals surface area contributed by atoms with Crippen LogP contribution in [-0.2, 0) is 6.42 Å². The molecule has 2 heteroatoms. The molecule has 1 aromatic heterocycles. The molecule has 1 aliphatic carbocycles. The van der Waals surface area contributed by atoms with Gasteiger partial charge in [-0.1, -0.05) is 6.92 Å². The van der Waals surface area contributed by atoms with Crippen molar-refractivity contribution in [1.82, 2.24) is 4.98 Å². The van der Waals surface area contributed by atoms with E-state index in [0.29, 0.717) is 0 Å². The summed E-state index contributed by atoms with van der Waals surface area (Å²) < 4.78 is 5.56. The molecule has 1 N–H and O–H groups in total. The number of nitrogens with one attached hydrogen (secondary N) is 1. The lowest BCUT2D eigenvalue weighted by Crippen LogP contribution is -1.98. The van der Waals surface area contributed by atoms with E-state index >= 15 is 0 Å². The van der Waals surface area contributed by atoms with Gasteiger partial charge in [-0.2, -0.15) is 0 Å². The predicted molar refractivity (Wildman–Crippen MR) is 48.4 cm³/mol. The van der Waals surface area contributed by atoms with Crippen LogP contribution in [0.5, 0.6) is 5.88 Å². The first-order chi connectivity index (χ1) is 5.88. The second-order valence-electron chi connectivity index (χ2n) is 3.46. The average molecular weight is 165 g/mol. The fraction of sp³-hybridized carbons (Fsp3) is 0.600. The van der Waals surface area contributed by atoms with Crippen LogP contribution in [-0.4, -0.2) is 11.6 Å². The fourth-order valence-corrected chi connectivity index (χ4v) is 1.20. The highest BCUT2D eigenvalue weighted by Crippen LogP contribution is 2.29. The minimum absolute atomic E-state index is 0.832. The fourth-order valence-electron chi connectivity index (χ4n) is 1.20. The Morgan fingerprint density at radius 1 is 1.50 bits per heavy atom. The summed E-state index contributed by atoms with van der Waals surface area (Å²) in [7, 11) is 0. The van der Waals surface area contributed by atoms with Gasteiger partial charge in [-0.3, -0.25) is 0 Å². The molecule has 2 nitrogen and oxygen atoms in total. The average Bonchev–Trinajstić information content (AvgIpc) is 2.81. The van der Waals surface area contributed by atoms with Crippen LogP contribution < -0.4 is 4.74 Å². The molecule has 0 bridgehead atoms. The van der Waals surface area contributed by atoms with Crippen LogP contribution in [0, 0.1) is 5.92 Å². The third kappa shape index (κ3) is 1.81. The zero-order valence-corrected chi connectivity index (χ0v) is 7.47. The van der Waals surface area contributed by atoms with Gasteiger partial charge in [0.15, 0.2) is 5.88 Å². The Morgan fingerprint density at radius 2 is 2.33 bits per heavy atom. The van der Waals surface area contributed by atoms with Gasteiger partial charge in [-0.25, -0.2) is 0 Å². The topological polar surface area (TPSA) is 25.0 Å². The first-order valence-corrected chi connectivity index (χ1v) is 4.69. The Balaban J connectivity index is 1.84. The molecule has 0 aliphatic heterocycles. The van der Waals surface area contributed by atoms with Gasteiger partial charge < -0.3 is 9.72 Å². The summed E-state index contributed by atoms with van der Waals surface area (Å²) in [5, 5.41) is 0. The number of aromatic nitrogens is 1. The molecular weight excluding hydrogens is 150 g/mol. The van der Waals surface area contributed by atoms with Crippen molar-refractivity contribution >= 4 is 0 Å². The summed E-state index contributed by atoms with van der Waals surface area (Å²) in [5.41, 5.74) is 1.25. The lowest BCUT2D eigenvalue weighted by atomic mass is 10.3. The molecule has 0 saturated heterocycles. The highest BCUT2D eigenvalue weighted by molar-refractivity contribution is 5.17. The molecule has 66 valence electrons. The van der Waals surface area contributed by atoms with Gasteiger partial charge in [0.2, 0.25) is 0 Å². The van der Waals surface area contributed by atoms with Crippen molar-refractivity contribution in [3.63, 3.8) is 0 Å². The zero-order valence-electron chi connectivity index (χ0n) is 7.47. The van der Waals surface area contributed by atoms with Crippen molar-refractivity contribution in [1.29, 1.82) is 0 Å². The number of rotatable bonds is 4. The van der Waals surface area contributed by atoms with E-state index in [-0.39, 0.29) is 0 Å². The maximum absolute atomic E-state index is 5.56. The van der Waals surface area contributed by atoms with Crippen molar-refractivity contribution in [2.24, 2.45) is 5.92 Å². The molecule has 1 fully saturated rings. The van der Waals surface area contributed by atoms with Gasteiger partial charge in [0, 0.05) is 5.69 Å². The standard InChI is InChI=1S/C10H15NO/c1-2-9-5-6-10(11-9)12-7-8-3-4-8/h5-6,8,11H,2-4,7H2,1H3. The molecule has 0 radical (unpaired) electrons. The molecule has 0 spiro atoms. The minimum Gasteiger partial charge on any atom is -0.479 e. The molecule has 1 aromatic rings. The van der Waals surface area contributed by atoms with Crippen LogP contribution in [0.25, 0.3) is 0 Å². The summed E-state index contributed by atoms with van der Waals surface area (Å²) in [6.07, 6.45) is 3.75. The quantitative estimate of drug-likeness (QED) is 0.728. The molecule has 1 aliphatic rings. The second-order valence-corrected chi connectivity index (χ2v) is 3.46. The number of aryl methyl sites for hydroxylation is 1. The number of H-pyrrole nitrogens is 1. The lowest BCUT2D eigenvalue weighted by molar-refractivity contribution is 0.289. The summed E-state index contributed by atoms with van der Waals surface area (Å²) in [6, 6.07) is 4.10. The van der Waals surface area contributed by atoms with Crippen molar-refractivity contribution in [3.05, 3.63) is 17.8 Å². The van der Waals surface area contributed by atoms with E-state index in [0.717, 1.165) is 24.8 Å². The summed E-state index contributed by atoms with van der Waals surface area (Å²) in [5.74, 6) is 1.76. The number of ether oxygens (including phenoxy) is 1. The van der Waals surface area contributed by atoms with Crippen molar-refractivity contribution < 1.29 is 4.74 Å². The maximum Gasteiger partial charge on any atom is 0.190 e. The maximum atomic E-state index is 5.56. The molecule has 1 saturated carbocycles. The van der Waals surface area contributed by atoms with Gasteiger partial charge in [0.1, 0.15) is 0 Å². The van der Waals surface area contributed by atoms with Crippen LogP contribution in [0.15, 0.2) is 12.1 Å². The van der Waals surface area contributed by atoms with Gasteiger partial charge in [-0.15, -0.1) is 0 Å². The highest BCUT2D eigenvalue weighted by atomic mass is 16.5. The van der Waals surface area contributed by atoms with Crippen LogP contribution >= 0.6 is 0 Å². The van der Waals surface area contributed by atoms with Crippen molar-refractivity contribution in [2.45, 2.75) is 26.2 Å². The lowest BCUT2D eigenvalue weighted by Gasteiger charge is -2.00. The first kappa shape index (κ1) is 7.71. The van der Waals surface area contributed by atoms with E-state index in [1.54, 1.807) is 0 Å². The molecule has 2 rings (SSSR count). The smallest absolute Gasteiger partial charge is 0.190 e. The van der Waals surface area contributed by atoms with E-state index in [1.165, 1.54) is 18.5 Å². The van der Waals surface area contributed by atoms with Gasteiger partial charge in [-0.05, 0) is 37.3 Å². The molecule has 0 aromatic carbocycles. The summed E-state index contributed by atoms with van der Waals surface area (Å²) in [4.78, 5) is 3.22. The van der Waals surface area contributed by atoms with E-state index in [4.69, 9.17) is 4.74 Å². The van der Waals surface area contributed by atoms with E-state index < -0.39 is 0 Å². The SMILES string of the molecule is CCc1ccc(OCC2CC2)[nH]1. The number of aromatic amines is 1. The number of hydrogen-bond acceptors (Lipinski definition) is 1. The highest BCUT2D eigenvalue weighted by Gasteiger charge is 2.21. The van der Waals surface area contributed by atoms with Gasteiger partial charge in [0.25, 0.3) is 0 Å². The minimum atomic E-state index is 0.832. The Morgan fingerprint density at radius 3 is 2.92 bits per heavy atom. The Hall–Kier alpha value is -0.920. The van der Waals surface area contributed by atoms with Crippen LogP contribution in [0.2, 0.25) is 0 Å². The Bertz CT molecular complexity index is 250. The Kier molecular flexibility index (Phi) is 2.07. The summed E-state index contributed by atoms with van der Waals surface area (Å²) >= 11 is 0. The molecule has 0 unspecified atom stereocenters. The molecule has 0 amide bonds. The predicted octanol–water partition coefficient (Wildman–Crippen LogP) is 2.37. The van der Waals surface area contributed by atoms with E-state index in [1.807, 2.05) is 6.07 Å². The molecule has 12 heavy (non-hydrogen) atoms. The monoisotopic (exact) mass is 165 g/mol. The first-order valence-electron chi connectivity index (χ1n) is 4.69. The summed E-state index contributed by atoms with van der Waals surface area (Å²) in [6.45, 7) is 3.03. The normalized spacial score (nSPS) is 16.4. The van der Waals surface area contributed by atoms with Crippen LogP contribution in [0.4, 0.5) is 0 Å². The van der Waals surface area contributed by atoms with Crippen LogP contribution in [0.1, 0.15) is 25.5 Å². The zero-order chi connectivity index (χ0) is 8.39. The van der Waals surface area contributed by atoms with Gasteiger partial charge in [0.05, 0.1) is 6.61 Å². The largest absolute Gasteiger partial charge is 0.479 e. The van der Waals surface area contributed by atoms with Crippen molar-refractivity contribution in [3.8, 4) is 5.88 Å². The molecule has 1 heterocycles. The third-order valence-electron chi connectivity index (χ3n) is 2.27.